The molecule has 0 bridgehead atoms. The van der Waals surface area contributed by atoms with Gasteiger partial charge in [0.05, 0.1) is 5.02 Å². The lowest BCUT2D eigenvalue weighted by molar-refractivity contribution is 0.779. The van der Waals surface area contributed by atoms with E-state index in [1.54, 1.807) is 4.68 Å². The van der Waals surface area contributed by atoms with Crippen molar-refractivity contribution in [3.8, 4) is 0 Å². The maximum Gasteiger partial charge on any atom is 0.108 e. The molecule has 0 aliphatic heterocycles. The molecule has 62 valence electrons. The monoisotopic (exact) mass is 244 g/mol. The number of rotatable bonds is 0. The van der Waals surface area contributed by atoms with Gasteiger partial charge in [0.2, 0.25) is 0 Å². The topological polar surface area (TPSA) is 17.8 Å². The Kier molecular flexibility index (Phi) is 1.85. The third-order valence-electron chi connectivity index (χ3n) is 1.69. The van der Waals surface area contributed by atoms with Gasteiger partial charge in [0, 0.05) is 23.1 Å². The maximum atomic E-state index is 5.97. The molecule has 0 saturated carbocycles. The van der Waals surface area contributed by atoms with Crippen molar-refractivity contribution in [1.29, 1.82) is 0 Å². The summed E-state index contributed by atoms with van der Waals surface area (Å²) in [5, 5.41) is 5.98. The fourth-order valence-electron chi connectivity index (χ4n) is 1.15. The minimum atomic E-state index is 0.737. The number of aryl methyl sites for hydroxylation is 1. The molecule has 0 radical (unpaired) electrons. The van der Waals surface area contributed by atoms with Crippen LogP contribution in [0.15, 0.2) is 22.8 Å². The molecule has 2 rings (SSSR count). The van der Waals surface area contributed by atoms with Crippen molar-refractivity contribution in [2.75, 3.05) is 0 Å². The highest BCUT2D eigenvalue weighted by atomic mass is 79.9. The predicted molar refractivity (Wildman–Crippen MR) is 53.4 cm³/mol. The third-order valence-corrected chi connectivity index (χ3v) is 2.66. The quantitative estimate of drug-likeness (QED) is 0.698. The number of halogens is 2. The molecule has 1 heterocycles. The Labute approximate surface area is 83.3 Å². The van der Waals surface area contributed by atoms with Gasteiger partial charge in [0.25, 0.3) is 0 Å². The lowest BCUT2D eigenvalue weighted by atomic mass is 10.3. The highest BCUT2D eigenvalue weighted by Gasteiger charge is 2.05. The van der Waals surface area contributed by atoms with Crippen molar-refractivity contribution >= 4 is 38.4 Å². The fraction of sp³-hybridized carbons (Fsp3) is 0.125. The van der Waals surface area contributed by atoms with E-state index in [1.807, 2.05) is 25.4 Å². The number of hydrogen-bond acceptors (Lipinski definition) is 1. The van der Waals surface area contributed by atoms with Crippen LogP contribution in [-0.4, -0.2) is 9.78 Å². The average Bonchev–Trinajstić information content (AvgIpc) is 2.41. The van der Waals surface area contributed by atoms with Crippen LogP contribution in [0.2, 0.25) is 5.02 Å². The highest BCUT2D eigenvalue weighted by molar-refractivity contribution is 9.10. The Morgan fingerprint density at radius 2 is 2.25 bits per heavy atom. The summed E-state index contributed by atoms with van der Waals surface area (Å²) in [5.41, 5.74) is 0.907. The molecule has 1 aromatic heterocycles. The van der Waals surface area contributed by atoms with Gasteiger partial charge in [-0.1, -0.05) is 11.6 Å². The van der Waals surface area contributed by atoms with Gasteiger partial charge in [0.1, 0.15) is 5.52 Å². The minimum absolute atomic E-state index is 0.737. The zero-order valence-corrected chi connectivity index (χ0v) is 8.72. The molecular formula is C8H6BrClN2. The van der Waals surface area contributed by atoms with Gasteiger partial charge in [-0.3, -0.25) is 4.68 Å². The number of aromatic nitrogens is 2. The smallest absolute Gasteiger partial charge is 0.108 e. The van der Waals surface area contributed by atoms with E-state index in [0.29, 0.717) is 0 Å². The first kappa shape index (κ1) is 8.08. The van der Waals surface area contributed by atoms with Crippen LogP contribution in [0.5, 0.6) is 0 Å². The zero-order chi connectivity index (χ0) is 8.72. The fourth-order valence-corrected chi connectivity index (χ4v) is 1.78. The summed E-state index contributed by atoms with van der Waals surface area (Å²) in [6, 6.07) is 3.76. The number of hydrogen-bond donors (Lipinski definition) is 0. The largest absolute Gasteiger partial charge is 0.275 e. The first-order valence-electron chi connectivity index (χ1n) is 3.46. The second-order valence-corrected chi connectivity index (χ2v) is 3.86. The molecule has 0 N–H and O–H groups in total. The predicted octanol–water partition coefficient (Wildman–Crippen LogP) is 2.99. The molecule has 0 saturated heterocycles. The molecule has 0 unspecified atom stereocenters. The van der Waals surface area contributed by atoms with Crippen LogP contribution in [0, 0.1) is 0 Å². The maximum absolute atomic E-state index is 5.97. The van der Waals surface area contributed by atoms with E-state index in [9.17, 15) is 0 Å². The Morgan fingerprint density at radius 3 is 2.92 bits per heavy atom. The van der Waals surface area contributed by atoms with Gasteiger partial charge in [-0.15, -0.1) is 0 Å². The summed E-state index contributed by atoms with van der Waals surface area (Å²) < 4.78 is 2.73. The van der Waals surface area contributed by atoms with Crippen molar-refractivity contribution in [2.45, 2.75) is 0 Å². The van der Waals surface area contributed by atoms with Crippen molar-refractivity contribution in [3.05, 3.63) is 27.8 Å². The molecule has 0 amide bonds. The summed E-state index contributed by atoms with van der Waals surface area (Å²) in [7, 11) is 1.88. The van der Waals surface area contributed by atoms with Gasteiger partial charge in [0.15, 0.2) is 0 Å². The number of nitrogens with zero attached hydrogens (tertiary/aromatic N) is 2. The molecule has 0 fully saturated rings. The zero-order valence-electron chi connectivity index (χ0n) is 6.38. The normalized spacial score (nSPS) is 10.9. The molecule has 1 aromatic carbocycles. The standard InChI is InChI=1S/C8H6BrClN2/c1-12-4-5-7(10)3-2-6(9)8(5)11-12/h2-4H,1H3. The summed E-state index contributed by atoms with van der Waals surface area (Å²) >= 11 is 9.38. The van der Waals surface area contributed by atoms with Gasteiger partial charge in [-0.25, -0.2) is 0 Å². The second-order valence-electron chi connectivity index (χ2n) is 2.59. The Bertz CT molecular complexity index is 397. The number of benzene rings is 1. The summed E-state index contributed by atoms with van der Waals surface area (Å²) in [4.78, 5) is 0. The summed E-state index contributed by atoms with van der Waals surface area (Å²) in [5.74, 6) is 0. The van der Waals surface area contributed by atoms with E-state index in [0.717, 1.165) is 20.4 Å². The van der Waals surface area contributed by atoms with Crippen LogP contribution >= 0.6 is 27.5 Å². The SMILES string of the molecule is Cn1cc2c(Cl)ccc(Br)c2n1. The molecule has 12 heavy (non-hydrogen) atoms. The van der Waals surface area contributed by atoms with Gasteiger partial charge < -0.3 is 0 Å². The van der Waals surface area contributed by atoms with Crippen LogP contribution in [0.25, 0.3) is 10.9 Å². The van der Waals surface area contributed by atoms with Crippen LogP contribution in [0.3, 0.4) is 0 Å². The molecule has 0 atom stereocenters. The van der Waals surface area contributed by atoms with E-state index in [1.165, 1.54) is 0 Å². The lowest BCUT2D eigenvalue weighted by Gasteiger charge is -1.92. The molecular weight excluding hydrogens is 239 g/mol. The van der Waals surface area contributed by atoms with E-state index in [4.69, 9.17) is 11.6 Å². The van der Waals surface area contributed by atoms with E-state index >= 15 is 0 Å². The molecule has 2 nitrogen and oxygen atoms in total. The van der Waals surface area contributed by atoms with Crippen LogP contribution in [0.1, 0.15) is 0 Å². The Hall–Kier alpha value is -0.540. The minimum Gasteiger partial charge on any atom is -0.275 e. The Morgan fingerprint density at radius 1 is 1.50 bits per heavy atom. The van der Waals surface area contributed by atoms with Crippen LogP contribution in [-0.2, 0) is 7.05 Å². The van der Waals surface area contributed by atoms with Gasteiger partial charge in [-0.05, 0) is 28.1 Å². The van der Waals surface area contributed by atoms with Crippen molar-refractivity contribution in [1.82, 2.24) is 9.78 Å². The molecule has 4 heteroatoms. The van der Waals surface area contributed by atoms with Crippen molar-refractivity contribution in [3.63, 3.8) is 0 Å². The van der Waals surface area contributed by atoms with Crippen molar-refractivity contribution in [2.24, 2.45) is 7.05 Å². The van der Waals surface area contributed by atoms with E-state index < -0.39 is 0 Å². The lowest BCUT2D eigenvalue weighted by Crippen LogP contribution is -1.85. The molecule has 2 aromatic rings. The van der Waals surface area contributed by atoms with Gasteiger partial charge in [-0.2, -0.15) is 5.10 Å². The Balaban J connectivity index is 2.93. The summed E-state index contributed by atoms with van der Waals surface area (Å²) in [6.45, 7) is 0. The first-order chi connectivity index (χ1) is 5.68. The average molecular weight is 246 g/mol. The molecule has 0 aliphatic carbocycles. The third kappa shape index (κ3) is 1.13. The number of fused-ring (bicyclic) bond motifs is 1. The van der Waals surface area contributed by atoms with Crippen LogP contribution < -0.4 is 0 Å². The molecule has 0 spiro atoms. The molecule has 0 aliphatic rings. The van der Waals surface area contributed by atoms with Crippen molar-refractivity contribution < 1.29 is 0 Å². The van der Waals surface area contributed by atoms with Crippen LogP contribution in [0.4, 0.5) is 0 Å². The van der Waals surface area contributed by atoms with Gasteiger partial charge >= 0.3 is 0 Å². The second kappa shape index (κ2) is 2.75. The van der Waals surface area contributed by atoms with E-state index in [-0.39, 0.29) is 0 Å². The first-order valence-corrected chi connectivity index (χ1v) is 4.63. The van der Waals surface area contributed by atoms with E-state index in [2.05, 4.69) is 21.0 Å². The highest BCUT2D eigenvalue weighted by Crippen LogP contribution is 2.28. The summed E-state index contributed by atoms with van der Waals surface area (Å²) in [6.07, 6.45) is 1.91.